The zero-order chi connectivity index (χ0) is 22.5. The third kappa shape index (κ3) is 5.68. The molecule has 31 heavy (non-hydrogen) atoms. The van der Waals surface area contributed by atoms with Gasteiger partial charge in [0, 0.05) is 24.9 Å². The Kier molecular flexibility index (Phi) is 7.41. The molecule has 2 aromatic carbocycles. The molecule has 166 valence electrons. The molecule has 3 rings (SSSR count). The maximum absolute atomic E-state index is 14.7. The largest absolute Gasteiger partial charge is 0.493 e. The van der Waals surface area contributed by atoms with Crippen molar-refractivity contribution in [3.05, 3.63) is 52.8 Å². The molecule has 0 spiro atoms. The lowest BCUT2D eigenvalue weighted by Gasteiger charge is -2.37. The fraction of sp³-hybridized carbons (Fsp3) is 0.348. The van der Waals surface area contributed by atoms with Crippen LogP contribution in [-0.2, 0) is 9.53 Å². The monoisotopic (exact) mass is 448 g/mol. The minimum Gasteiger partial charge on any atom is -0.493 e. The fourth-order valence-electron chi connectivity index (χ4n) is 3.61. The Balaban J connectivity index is 1.68. The van der Waals surface area contributed by atoms with Crippen LogP contribution in [0.2, 0.25) is 5.02 Å². The Morgan fingerprint density at radius 3 is 2.52 bits per heavy atom. The molecule has 0 aliphatic carbocycles. The molecule has 8 heteroatoms. The third-order valence-electron chi connectivity index (χ3n) is 4.86. The molecule has 0 radical (unpaired) electrons. The van der Waals surface area contributed by atoms with Gasteiger partial charge in [-0.25, -0.2) is 4.39 Å². The van der Waals surface area contributed by atoms with Crippen molar-refractivity contribution in [2.24, 2.45) is 0 Å². The second-order valence-corrected chi connectivity index (χ2v) is 7.80. The van der Waals surface area contributed by atoms with E-state index in [1.807, 2.05) is 18.7 Å². The molecule has 1 saturated heterocycles. The van der Waals surface area contributed by atoms with E-state index in [9.17, 15) is 9.18 Å². The van der Waals surface area contributed by atoms with E-state index in [4.69, 9.17) is 25.8 Å². The molecule has 0 bridgehead atoms. The molecule has 1 fully saturated rings. The van der Waals surface area contributed by atoms with Crippen LogP contribution in [0.1, 0.15) is 19.4 Å². The highest BCUT2D eigenvalue weighted by atomic mass is 35.5. The topological polar surface area (TPSA) is 60.0 Å². The Bertz CT molecular complexity index is 972. The second-order valence-electron chi connectivity index (χ2n) is 7.39. The van der Waals surface area contributed by atoms with Gasteiger partial charge in [0.15, 0.2) is 11.5 Å². The van der Waals surface area contributed by atoms with E-state index in [1.54, 1.807) is 30.3 Å². The van der Waals surface area contributed by atoms with Gasteiger partial charge in [0.05, 0.1) is 37.1 Å². The van der Waals surface area contributed by atoms with Crippen LogP contribution in [0.5, 0.6) is 11.5 Å². The van der Waals surface area contributed by atoms with Gasteiger partial charge < -0.3 is 24.4 Å². The highest BCUT2D eigenvalue weighted by Gasteiger charge is 2.24. The Hall–Kier alpha value is -2.77. The summed E-state index contributed by atoms with van der Waals surface area (Å²) in [7, 11) is 3.00. The van der Waals surface area contributed by atoms with E-state index in [0.29, 0.717) is 46.5 Å². The number of ether oxygens (including phenoxy) is 3. The summed E-state index contributed by atoms with van der Waals surface area (Å²) in [4.78, 5) is 14.3. The Morgan fingerprint density at radius 1 is 1.19 bits per heavy atom. The van der Waals surface area contributed by atoms with Crippen LogP contribution >= 0.6 is 11.6 Å². The number of anilines is 2. The van der Waals surface area contributed by atoms with Crippen molar-refractivity contribution >= 4 is 35.0 Å². The number of benzene rings is 2. The Labute approximate surface area is 186 Å². The van der Waals surface area contributed by atoms with E-state index >= 15 is 0 Å². The van der Waals surface area contributed by atoms with Gasteiger partial charge in [-0.3, -0.25) is 4.79 Å². The fourth-order valence-corrected chi connectivity index (χ4v) is 3.90. The summed E-state index contributed by atoms with van der Waals surface area (Å²) >= 11 is 6.18. The molecule has 0 saturated carbocycles. The second kappa shape index (κ2) is 10.0. The number of hydrogen-bond donors (Lipinski definition) is 1. The van der Waals surface area contributed by atoms with Gasteiger partial charge in [-0.15, -0.1) is 0 Å². The summed E-state index contributed by atoms with van der Waals surface area (Å²) in [5, 5.41) is 3.04. The zero-order valence-electron chi connectivity index (χ0n) is 17.9. The summed E-state index contributed by atoms with van der Waals surface area (Å²) in [5.41, 5.74) is 1.53. The number of nitrogens with one attached hydrogen (secondary N) is 1. The van der Waals surface area contributed by atoms with Crippen LogP contribution in [0.15, 0.2) is 36.4 Å². The van der Waals surface area contributed by atoms with Crippen molar-refractivity contribution in [3.8, 4) is 11.5 Å². The normalized spacial score (nSPS) is 18.8. The number of halogens is 2. The molecule has 1 aliphatic rings. The van der Waals surface area contributed by atoms with Gasteiger partial charge in [0.2, 0.25) is 5.91 Å². The first-order valence-corrected chi connectivity index (χ1v) is 10.3. The third-order valence-corrected chi connectivity index (χ3v) is 5.14. The number of hydrogen-bond acceptors (Lipinski definition) is 5. The van der Waals surface area contributed by atoms with Crippen LogP contribution in [-0.4, -0.2) is 45.4 Å². The predicted octanol–water partition coefficient (Wildman–Crippen LogP) is 4.76. The number of methoxy groups -OCH3 is 2. The number of rotatable bonds is 6. The quantitative estimate of drug-likeness (QED) is 0.645. The lowest BCUT2D eigenvalue weighted by Crippen LogP contribution is -2.45. The van der Waals surface area contributed by atoms with E-state index in [0.717, 1.165) is 0 Å². The van der Waals surface area contributed by atoms with Gasteiger partial charge in [0.25, 0.3) is 0 Å². The van der Waals surface area contributed by atoms with Crippen molar-refractivity contribution in [3.63, 3.8) is 0 Å². The number of amides is 1. The van der Waals surface area contributed by atoms with Crippen LogP contribution < -0.4 is 19.7 Å². The number of nitrogens with zero attached hydrogens (tertiary/aromatic N) is 1. The van der Waals surface area contributed by atoms with Gasteiger partial charge in [-0.05, 0) is 55.8 Å². The maximum Gasteiger partial charge on any atom is 0.248 e. The van der Waals surface area contributed by atoms with Gasteiger partial charge in [0.1, 0.15) is 5.82 Å². The van der Waals surface area contributed by atoms with Gasteiger partial charge in [-0.1, -0.05) is 11.6 Å². The van der Waals surface area contributed by atoms with Crippen molar-refractivity contribution in [1.29, 1.82) is 0 Å². The minimum absolute atomic E-state index is 0.0257. The molecule has 1 aliphatic heterocycles. The lowest BCUT2D eigenvalue weighted by atomic mass is 10.1. The molecular weight excluding hydrogens is 423 g/mol. The molecule has 1 N–H and O–H groups in total. The molecule has 2 unspecified atom stereocenters. The maximum atomic E-state index is 14.7. The van der Waals surface area contributed by atoms with Crippen LogP contribution in [0.4, 0.5) is 15.8 Å². The number of morpholine rings is 1. The standard InChI is InChI=1S/C23H26ClFN2O4/c1-14-12-27(13-15(2)31-14)20-7-6-17(11-19(20)25)26-22(28)8-5-16-9-18(24)23(30-4)21(10-16)29-3/h5-11,14-15H,12-13H2,1-4H3,(H,26,28)/b8-5+. The summed E-state index contributed by atoms with van der Waals surface area (Å²) in [6, 6.07) is 8.04. The Morgan fingerprint density at radius 2 is 1.90 bits per heavy atom. The van der Waals surface area contributed by atoms with Crippen molar-refractivity contribution in [1.82, 2.24) is 0 Å². The van der Waals surface area contributed by atoms with Gasteiger partial charge in [-0.2, -0.15) is 0 Å². The molecule has 6 nitrogen and oxygen atoms in total. The smallest absolute Gasteiger partial charge is 0.248 e. The highest BCUT2D eigenvalue weighted by molar-refractivity contribution is 6.32. The van der Waals surface area contributed by atoms with E-state index < -0.39 is 11.7 Å². The van der Waals surface area contributed by atoms with Crippen LogP contribution in [0, 0.1) is 5.82 Å². The average Bonchev–Trinajstić information content (AvgIpc) is 2.71. The molecule has 1 heterocycles. The average molecular weight is 449 g/mol. The first kappa shape index (κ1) is 22.9. The summed E-state index contributed by atoms with van der Waals surface area (Å²) < 4.78 is 30.8. The molecular formula is C23H26ClFN2O4. The van der Waals surface area contributed by atoms with Gasteiger partial charge >= 0.3 is 0 Å². The summed E-state index contributed by atoms with van der Waals surface area (Å²) in [6.45, 7) is 5.16. The first-order valence-electron chi connectivity index (χ1n) is 9.91. The van der Waals surface area contributed by atoms with Crippen LogP contribution in [0.25, 0.3) is 6.08 Å². The number of carbonyl (C=O) groups excluding carboxylic acids is 1. The highest BCUT2D eigenvalue weighted by Crippen LogP contribution is 2.36. The van der Waals surface area contributed by atoms with Crippen LogP contribution in [0.3, 0.4) is 0 Å². The minimum atomic E-state index is -0.397. The SMILES string of the molecule is COc1cc(/C=C/C(=O)Nc2ccc(N3CC(C)OC(C)C3)c(F)c2)cc(Cl)c1OC. The molecule has 0 aromatic heterocycles. The number of carbonyl (C=O) groups is 1. The molecule has 2 aromatic rings. The van der Waals surface area contributed by atoms with Crippen molar-refractivity contribution < 1.29 is 23.4 Å². The zero-order valence-corrected chi connectivity index (χ0v) is 18.7. The predicted molar refractivity (Wildman–Crippen MR) is 121 cm³/mol. The summed E-state index contributed by atoms with van der Waals surface area (Å²) in [6.07, 6.45) is 2.98. The first-order chi connectivity index (χ1) is 14.8. The van der Waals surface area contributed by atoms with E-state index in [-0.39, 0.29) is 12.2 Å². The lowest BCUT2D eigenvalue weighted by molar-refractivity contribution is -0.111. The van der Waals surface area contributed by atoms with E-state index in [2.05, 4.69) is 5.32 Å². The summed E-state index contributed by atoms with van der Waals surface area (Å²) in [5.74, 6) is 0.0892. The van der Waals surface area contributed by atoms with Crippen molar-refractivity contribution in [2.45, 2.75) is 26.1 Å². The molecule has 2 atom stereocenters. The molecule has 1 amide bonds. The van der Waals surface area contributed by atoms with E-state index in [1.165, 1.54) is 26.4 Å². The van der Waals surface area contributed by atoms with Crippen molar-refractivity contribution in [2.75, 3.05) is 37.5 Å².